The molecule has 3 rings (SSSR count). The fraction of sp³-hybridized carbons (Fsp3) is 0.684. The van der Waals surface area contributed by atoms with Gasteiger partial charge in [0.25, 0.3) is 0 Å². The minimum absolute atomic E-state index is 0.00842. The molecule has 0 aromatic carbocycles. The maximum Gasteiger partial charge on any atom is 0.238 e. The number of anilines is 1. The van der Waals surface area contributed by atoms with E-state index in [4.69, 9.17) is 4.52 Å². The number of likely N-dealkylation sites (tertiary alicyclic amines) is 1. The molecule has 0 aliphatic carbocycles. The molecule has 8 nitrogen and oxygen atoms in total. The van der Waals surface area contributed by atoms with Crippen molar-refractivity contribution in [2.75, 3.05) is 25.0 Å². The Bertz CT molecular complexity index is 794. The molecule has 0 radical (unpaired) electrons. The van der Waals surface area contributed by atoms with Crippen LogP contribution >= 0.6 is 0 Å². The van der Waals surface area contributed by atoms with Crippen LogP contribution in [-0.2, 0) is 11.3 Å². The molecule has 2 aromatic rings. The van der Waals surface area contributed by atoms with Gasteiger partial charge >= 0.3 is 0 Å². The van der Waals surface area contributed by atoms with E-state index in [0.29, 0.717) is 12.4 Å². The number of aryl methyl sites for hydroxylation is 2. The highest BCUT2D eigenvalue weighted by Crippen LogP contribution is 2.27. The molecule has 1 atom stereocenters. The number of nitrogens with zero attached hydrogens (tertiary/aromatic N) is 5. The van der Waals surface area contributed by atoms with Crippen molar-refractivity contribution in [2.45, 2.75) is 65.8 Å². The number of carbonyl (C=O) groups excluding carboxylic acids is 1. The molecular formula is C19H30N6O2. The van der Waals surface area contributed by atoms with Crippen molar-refractivity contribution in [2.24, 2.45) is 0 Å². The Kier molecular flexibility index (Phi) is 5.94. The first-order valence-electron chi connectivity index (χ1n) is 9.78. The SMILES string of the molecule is CCn1nc(C)c(NC(=O)CN2CCCC(c3nc(C(C)C)no3)C2)c1C. The lowest BCUT2D eigenvalue weighted by Gasteiger charge is -2.30. The maximum absolute atomic E-state index is 12.6. The Hall–Kier alpha value is -2.22. The lowest BCUT2D eigenvalue weighted by Crippen LogP contribution is -2.40. The summed E-state index contributed by atoms with van der Waals surface area (Å²) in [5.41, 5.74) is 2.67. The highest BCUT2D eigenvalue weighted by Gasteiger charge is 2.27. The highest BCUT2D eigenvalue weighted by molar-refractivity contribution is 5.93. The van der Waals surface area contributed by atoms with Crippen molar-refractivity contribution in [3.63, 3.8) is 0 Å². The largest absolute Gasteiger partial charge is 0.339 e. The summed E-state index contributed by atoms with van der Waals surface area (Å²) in [7, 11) is 0. The molecule has 3 heterocycles. The van der Waals surface area contributed by atoms with E-state index in [1.54, 1.807) is 0 Å². The van der Waals surface area contributed by atoms with Crippen LogP contribution in [0, 0.1) is 13.8 Å². The zero-order valence-corrected chi connectivity index (χ0v) is 16.9. The lowest BCUT2D eigenvalue weighted by atomic mass is 9.98. The van der Waals surface area contributed by atoms with Crippen LogP contribution in [0.25, 0.3) is 0 Å². The molecule has 27 heavy (non-hydrogen) atoms. The predicted molar refractivity (Wildman–Crippen MR) is 103 cm³/mol. The quantitative estimate of drug-likeness (QED) is 0.836. The number of rotatable bonds is 6. The zero-order valence-electron chi connectivity index (χ0n) is 16.9. The molecule has 1 aliphatic heterocycles. The topological polar surface area (TPSA) is 89.1 Å². The summed E-state index contributed by atoms with van der Waals surface area (Å²) in [6.07, 6.45) is 2.03. The number of amides is 1. The number of piperidine rings is 1. The summed E-state index contributed by atoms with van der Waals surface area (Å²) in [6, 6.07) is 0. The van der Waals surface area contributed by atoms with Gasteiger partial charge in [-0.15, -0.1) is 0 Å². The first-order chi connectivity index (χ1) is 12.9. The van der Waals surface area contributed by atoms with Crippen LogP contribution in [0.15, 0.2) is 4.52 Å². The number of carbonyl (C=O) groups is 1. The van der Waals surface area contributed by atoms with Crippen molar-refractivity contribution in [3.05, 3.63) is 23.1 Å². The molecule has 0 bridgehead atoms. The highest BCUT2D eigenvalue weighted by atomic mass is 16.5. The first kappa shape index (κ1) is 19.5. The van der Waals surface area contributed by atoms with Crippen molar-refractivity contribution < 1.29 is 9.32 Å². The monoisotopic (exact) mass is 374 g/mol. The third-order valence-electron chi connectivity index (χ3n) is 5.14. The van der Waals surface area contributed by atoms with Crippen molar-refractivity contribution in [1.29, 1.82) is 0 Å². The predicted octanol–water partition coefficient (Wildman–Crippen LogP) is 2.84. The van der Waals surface area contributed by atoms with E-state index in [2.05, 4.69) is 39.3 Å². The Labute approximate surface area is 160 Å². The smallest absolute Gasteiger partial charge is 0.238 e. The second-order valence-electron chi connectivity index (χ2n) is 7.63. The third-order valence-corrected chi connectivity index (χ3v) is 5.14. The van der Waals surface area contributed by atoms with Gasteiger partial charge in [0.2, 0.25) is 11.8 Å². The number of hydrogen-bond acceptors (Lipinski definition) is 6. The molecule has 1 unspecified atom stereocenters. The van der Waals surface area contributed by atoms with Gasteiger partial charge in [-0.05, 0) is 40.2 Å². The van der Waals surface area contributed by atoms with Gasteiger partial charge in [-0.1, -0.05) is 19.0 Å². The molecule has 1 fully saturated rings. The van der Waals surface area contributed by atoms with Gasteiger partial charge < -0.3 is 9.84 Å². The normalized spacial score (nSPS) is 18.2. The minimum Gasteiger partial charge on any atom is -0.339 e. The second kappa shape index (κ2) is 8.21. The first-order valence-corrected chi connectivity index (χ1v) is 9.78. The van der Waals surface area contributed by atoms with Crippen LogP contribution in [0.1, 0.15) is 68.6 Å². The molecule has 1 N–H and O–H groups in total. The summed E-state index contributed by atoms with van der Waals surface area (Å²) in [5.74, 6) is 1.88. The van der Waals surface area contributed by atoms with Crippen LogP contribution in [-0.4, -0.2) is 50.4 Å². The molecule has 0 saturated carbocycles. The van der Waals surface area contributed by atoms with Crippen molar-refractivity contribution in [1.82, 2.24) is 24.8 Å². The van der Waals surface area contributed by atoms with Gasteiger partial charge in [0.05, 0.1) is 29.5 Å². The van der Waals surface area contributed by atoms with Crippen molar-refractivity contribution in [3.8, 4) is 0 Å². The molecule has 2 aromatic heterocycles. The molecule has 8 heteroatoms. The van der Waals surface area contributed by atoms with E-state index in [0.717, 1.165) is 55.4 Å². The molecule has 1 amide bonds. The van der Waals surface area contributed by atoms with E-state index in [-0.39, 0.29) is 17.7 Å². The van der Waals surface area contributed by atoms with E-state index in [1.165, 1.54) is 0 Å². The van der Waals surface area contributed by atoms with Crippen LogP contribution in [0.5, 0.6) is 0 Å². The van der Waals surface area contributed by atoms with Crippen molar-refractivity contribution >= 4 is 11.6 Å². The van der Waals surface area contributed by atoms with E-state index in [9.17, 15) is 4.79 Å². The molecule has 148 valence electrons. The summed E-state index contributed by atoms with van der Waals surface area (Å²) in [4.78, 5) is 19.3. The molecule has 1 aliphatic rings. The maximum atomic E-state index is 12.6. The fourth-order valence-electron chi connectivity index (χ4n) is 3.62. The summed E-state index contributed by atoms with van der Waals surface area (Å²) >= 11 is 0. The van der Waals surface area contributed by atoms with Crippen LogP contribution in [0.3, 0.4) is 0 Å². The van der Waals surface area contributed by atoms with Crippen LogP contribution in [0.4, 0.5) is 5.69 Å². The Morgan fingerprint density at radius 2 is 2.15 bits per heavy atom. The van der Waals surface area contributed by atoms with Gasteiger partial charge in [0.15, 0.2) is 5.82 Å². The Morgan fingerprint density at radius 1 is 1.37 bits per heavy atom. The van der Waals surface area contributed by atoms with E-state index < -0.39 is 0 Å². The van der Waals surface area contributed by atoms with Gasteiger partial charge in [-0.2, -0.15) is 10.1 Å². The molecule has 0 spiro atoms. The van der Waals surface area contributed by atoms with Gasteiger partial charge in [0.1, 0.15) is 0 Å². The minimum atomic E-state index is -0.00842. The van der Waals surface area contributed by atoms with Gasteiger partial charge in [-0.3, -0.25) is 14.4 Å². The summed E-state index contributed by atoms with van der Waals surface area (Å²) < 4.78 is 7.37. The zero-order chi connectivity index (χ0) is 19.6. The van der Waals surface area contributed by atoms with Crippen LogP contribution < -0.4 is 5.32 Å². The number of nitrogens with one attached hydrogen (secondary N) is 1. The number of aromatic nitrogens is 4. The van der Waals surface area contributed by atoms with Crippen LogP contribution in [0.2, 0.25) is 0 Å². The average Bonchev–Trinajstić information content (AvgIpc) is 3.23. The summed E-state index contributed by atoms with van der Waals surface area (Å²) in [6.45, 7) is 12.9. The Balaban J connectivity index is 1.60. The average molecular weight is 374 g/mol. The van der Waals surface area contributed by atoms with Gasteiger partial charge in [0, 0.05) is 19.0 Å². The van der Waals surface area contributed by atoms with Gasteiger partial charge in [-0.25, -0.2) is 0 Å². The lowest BCUT2D eigenvalue weighted by molar-refractivity contribution is -0.117. The van der Waals surface area contributed by atoms with E-state index >= 15 is 0 Å². The molecular weight excluding hydrogens is 344 g/mol. The standard InChI is InChI=1S/C19H30N6O2/c1-6-25-14(5)17(13(4)22-25)20-16(26)11-24-9-7-8-15(10-24)19-21-18(12(2)3)23-27-19/h12,15H,6-11H2,1-5H3,(H,20,26). The molecule has 1 saturated heterocycles. The number of hydrogen-bond donors (Lipinski definition) is 1. The van der Waals surface area contributed by atoms with E-state index in [1.807, 2.05) is 25.5 Å². The Morgan fingerprint density at radius 3 is 2.78 bits per heavy atom. The second-order valence-corrected chi connectivity index (χ2v) is 7.63. The fourth-order valence-corrected chi connectivity index (χ4v) is 3.62. The summed E-state index contributed by atoms with van der Waals surface area (Å²) in [5, 5.41) is 11.6. The third kappa shape index (κ3) is 4.37.